The molecule has 8 heteroatoms. The van der Waals surface area contributed by atoms with Gasteiger partial charge in [-0.3, -0.25) is 4.79 Å². The van der Waals surface area contributed by atoms with Crippen LogP contribution >= 0.6 is 12.4 Å². The Kier molecular flexibility index (Phi) is 5.85. The Morgan fingerprint density at radius 3 is 2.73 bits per heavy atom. The fraction of sp³-hybridized carbons (Fsp3) is 0.429. The third kappa shape index (κ3) is 4.02. The lowest BCUT2D eigenvalue weighted by atomic mass is 10.1. The monoisotopic (exact) mass is 322 g/mol. The van der Waals surface area contributed by atoms with Crippen molar-refractivity contribution in [3.63, 3.8) is 0 Å². The maximum Gasteiger partial charge on any atom is 0.227 e. The molecule has 0 unspecified atom stereocenters. The van der Waals surface area contributed by atoms with Crippen molar-refractivity contribution in [3.05, 3.63) is 36.2 Å². The Morgan fingerprint density at radius 1 is 1.18 bits per heavy atom. The van der Waals surface area contributed by atoms with Crippen molar-refractivity contribution in [2.45, 2.75) is 12.8 Å². The van der Waals surface area contributed by atoms with Crippen LogP contribution in [0.3, 0.4) is 0 Å². The molecule has 1 aliphatic heterocycles. The molecule has 1 aromatic heterocycles. The lowest BCUT2D eigenvalue weighted by molar-refractivity contribution is -0.130. The fourth-order valence-electron chi connectivity index (χ4n) is 2.43. The van der Waals surface area contributed by atoms with E-state index in [0.717, 1.165) is 43.9 Å². The first-order valence-corrected chi connectivity index (χ1v) is 7.14. The summed E-state index contributed by atoms with van der Waals surface area (Å²) in [6, 6.07) is 7.74. The second-order valence-corrected chi connectivity index (χ2v) is 5.08. The number of halogens is 1. The van der Waals surface area contributed by atoms with Crippen LogP contribution in [0.25, 0.3) is 5.69 Å². The van der Waals surface area contributed by atoms with Gasteiger partial charge in [0, 0.05) is 19.6 Å². The number of carbonyl (C=O) groups excluding carboxylic acids is 1. The standard InChI is InChI=1S/C14H18N6O.ClH/c21-14(19-8-1-6-15-7-9-19)10-12-2-4-13(5-3-12)20-11-16-17-18-20;/h2-5,11,15H,1,6-10H2;1H. The van der Waals surface area contributed by atoms with Gasteiger partial charge in [0.05, 0.1) is 12.1 Å². The van der Waals surface area contributed by atoms with Crippen LogP contribution < -0.4 is 5.32 Å². The molecule has 0 bridgehead atoms. The van der Waals surface area contributed by atoms with Gasteiger partial charge in [-0.25, -0.2) is 4.68 Å². The van der Waals surface area contributed by atoms with Crippen molar-refractivity contribution < 1.29 is 4.79 Å². The quantitative estimate of drug-likeness (QED) is 0.888. The summed E-state index contributed by atoms with van der Waals surface area (Å²) in [7, 11) is 0. The zero-order valence-electron chi connectivity index (χ0n) is 12.2. The van der Waals surface area contributed by atoms with E-state index in [0.29, 0.717) is 6.42 Å². The lowest BCUT2D eigenvalue weighted by Gasteiger charge is -2.20. The first kappa shape index (κ1) is 16.4. The summed E-state index contributed by atoms with van der Waals surface area (Å²) in [5, 5.41) is 14.3. The highest BCUT2D eigenvalue weighted by Crippen LogP contribution is 2.10. The summed E-state index contributed by atoms with van der Waals surface area (Å²) in [6.07, 6.45) is 3.00. The Balaban J connectivity index is 0.00000176. The smallest absolute Gasteiger partial charge is 0.227 e. The van der Waals surface area contributed by atoms with Crippen LogP contribution in [0.2, 0.25) is 0 Å². The molecule has 1 N–H and O–H groups in total. The van der Waals surface area contributed by atoms with E-state index in [1.54, 1.807) is 11.0 Å². The van der Waals surface area contributed by atoms with E-state index < -0.39 is 0 Å². The molecule has 2 heterocycles. The third-order valence-corrected chi connectivity index (χ3v) is 3.60. The zero-order chi connectivity index (χ0) is 14.5. The zero-order valence-corrected chi connectivity index (χ0v) is 13.0. The van der Waals surface area contributed by atoms with Gasteiger partial charge in [0.15, 0.2) is 0 Å². The molecule has 1 aromatic carbocycles. The normalized spacial score (nSPS) is 15.0. The van der Waals surface area contributed by atoms with Crippen molar-refractivity contribution in [2.75, 3.05) is 26.2 Å². The fourth-order valence-corrected chi connectivity index (χ4v) is 2.43. The summed E-state index contributed by atoms with van der Waals surface area (Å²) in [5.41, 5.74) is 1.89. The first-order valence-electron chi connectivity index (χ1n) is 7.14. The van der Waals surface area contributed by atoms with Gasteiger partial charge >= 0.3 is 0 Å². The van der Waals surface area contributed by atoms with Gasteiger partial charge in [0.1, 0.15) is 6.33 Å². The molecule has 7 nitrogen and oxygen atoms in total. The van der Waals surface area contributed by atoms with Gasteiger partial charge in [-0.15, -0.1) is 17.5 Å². The molecule has 1 saturated heterocycles. The minimum Gasteiger partial charge on any atom is -0.341 e. The molecule has 3 rings (SSSR count). The van der Waals surface area contributed by atoms with Crippen LogP contribution in [0.1, 0.15) is 12.0 Å². The number of carbonyl (C=O) groups is 1. The maximum absolute atomic E-state index is 12.3. The lowest BCUT2D eigenvalue weighted by Crippen LogP contribution is -2.35. The first-order chi connectivity index (χ1) is 10.3. The second-order valence-electron chi connectivity index (χ2n) is 5.08. The summed E-state index contributed by atoms with van der Waals surface area (Å²) >= 11 is 0. The van der Waals surface area contributed by atoms with Crippen molar-refractivity contribution in [3.8, 4) is 5.69 Å². The number of hydrogen-bond acceptors (Lipinski definition) is 5. The van der Waals surface area contributed by atoms with Crippen molar-refractivity contribution in [1.29, 1.82) is 0 Å². The third-order valence-electron chi connectivity index (χ3n) is 3.60. The van der Waals surface area contributed by atoms with E-state index in [9.17, 15) is 4.79 Å². The molecule has 0 radical (unpaired) electrons. The topological polar surface area (TPSA) is 75.9 Å². The van der Waals surface area contributed by atoms with Crippen molar-refractivity contribution in [2.24, 2.45) is 0 Å². The highest BCUT2D eigenvalue weighted by atomic mass is 35.5. The molecule has 0 atom stereocenters. The average Bonchev–Trinajstić information content (AvgIpc) is 2.90. The summed E-state index contributed by atoms with van der Waals surface area (Å²) in [5.74, 6) is 0.189. The van der Waals surface area contributed by atoms with Crippen LogP contribution in [-0.2, 0) is 11.2 Å². The Hall–Kier alpha value is -1.99. The van der Waals surface area contributed by atoms with E-state index in [1.165, 1.54) is 0 Å². The summed E-state index contributed by atoms with van der Waals surface area (Å²) in [4.78, 5) is 14.2. The van der Waals surface area contributed by atoms with Crippen LogP contribution in [-0.4, -0.2) is 57.2 Å². The van der Waals surface area contributed by atoms with Gasteiger partial charge in [0.2, 0.25) is 5.91 Å². The molecule has 1 fully saturated rings. The molecule has 2 aromatic rings. The van der Waals surface area contributed by atoms with Gasteiger partial charge in [-0.2, -0.15) is 0 Å². The van der Waals surface area contributed by atoms with Gasteiger partial charge in [-0.1, -0.05) is 12.1 Å². The molecule has 0 saturated carbocycles. The summed E-state index contributed by atoms with van der Waals surface area (Å²) < 4.78 is 1.59. The highest BCUT2D eigenvalue weighted by Gasteiger charge is 2.15. The SMILES string of the molecule is Cl.O=C(Cc1ccc(-n2cnnn2)cc1)N1CCCNCC1. The minimum absolute atomic E-state index is 0. The number of nitrogens with zero attached hydrogens (tertiary/aromatic N) is 5. The van der Waals surface area contributed by atoms with Gasteiger partial charge in [0.25, 0.3) is 0 Å². The van der Waals surface area contributed by atoms with E-state index in [4.69, 9.17) is 0 Å². The van der Waals surface area contributed by atoms with Crippen LogP contribution in [0, 0.1) is 0 Å². The van der Waals surface area contributed by atoms with Crippen LogP contribution in [0.15, 0.2) is 30.6 Å². The van der Waals surface area contributed by atoms with Crippen molar-refractivity contribution >= 4 is 18.3 Å². The minimum atomic E-state index is 0. The molecular formula is C14H19ClN6O. The number of rotatable bonds is 3. The maximum atomic E-state index is 12.3. The van der Waals surface area contributed by atoms with Crippen molar-refractivity contribution in [1.82, 2.24) is 30.4 Å². The second kappa shape index (κ2) is 7.86. The molecule has 1 amide bonds. The Morgan fingerprint density at radius 2 is 2.00 bits per heavy atom. The number of amides is 1. The molecule has 118 valence electrons. The highest BCUT2D eigenvalue weighted by molar-refractivity contribution is 5.85. The molecule has 0 spiro atoms. The van der Waals surface area contributed by atoms with E-state index in [-0.39, 0.29) is 18.3 Å². The number of nitrogens with one attached hydrogen (secondary N) is 1. The Bertz CT molecular complexity index is 578. The Labute approximate surface area is 135 Å². The number of benzene rings is 1. The molecule has 1 aliphatic rings. The average molecular weight is 323 g/mol. The largest absolute Gasteiger partial charge is 0.341 e. The van der Waals surface area contributed by atoms with E-state index >= 15 is 0 Å². The molecule has 0 aliphatic carbocycles. The summed E-state index contributed by atoms with van der Waals surface area (Å²) in [6.45, 7) is 3.50. The van der Waals surface area contributed by atoms with Crippen LogP contribution in [0.5, 0.6) is 0 Å². The number of hydrogen-bond donors (Lipinski definition) is 1. The predicted molar refractivity (Wildman–Crippen MR) is 84.2 cm³/mol. The van der Waals surface area contributed by atoms with E-state index in [2.05, 4.69) is 20.8 Å². The number of aromatic nitrogens is 4. The van der Waals surface area contributed by atoms with E-state index in [1.807, 2.05) is 29.2 Å². The molecular weight excluding hydrogens is 304 g/mol. The number of tetrazole rings is 1. The molecule has 22 heavy (non-hydrogen) atoms. The van der Waals surface area contributed by atoms with Gasteiger partial charge in [-0.05, 0) is 41.1 Å². The predicted octanol–water partition coefficient (Wildman–Crippen LogP) is 0.448. The van der Waals surface area contributed by atoms with Gasteiger partial charge < -0.3 is 10.2 Å². The van der Waals surface area contributed by atoms with Crippen LogP contribution in [0.4, 0.5) is 0 Å².